The van der Waals surface area contributed by atoms with Gasteiger partial charge in [0.15, 0.2) is 5.82 Å². The smallest absolute Gasteiger partial charge is 0.326 e. The van der Waals surface area contributed by atoms with Crippen molar-refractivity contribution in [1.82, 2.24) is 14.5 Å². The predicted octanol–water partition coefficient (Wildman–Crippen LogP) is 5.61. The number of benzene rings is 1. The molecule has 4 bridgehead atoms. The van der Waals surface area contributed by atoms with Crippen LogP contribution in [0.1, 0.15) is 96.9 Å². The van der Waals surface area contributed by atoms with Crippen LogP contribution in [0.4, 0.5) is 5.82 Å². The summed E-state index contributed by atoms with van der Waals surface area (Å²) < 4.78 is 2.01. The van der Waals surface area contributed by atoms with Crippen LogP contribution in [0.3, 0.4) is 0 Å². The minimum atomic E-state index is -0.874. The van der Waals surface area contributed by atoms with Crippen LogP contribution in [0.15, 0.2) is 29.1 Å². The highest BCUT2D eigenvalue weighted by Crippen LogP contribution is 2.59. The molecule has 8 rings (SSSR count). The summed E-state index contributed by atoms with van der Waals surface area (Å²) in [4.78, 5) is 35.2. The lowest BCUT2D eigenvalue weighted by molar-refractivity contribution is -0.140. The highest BCUT2D eigenvalue weighted by atomic mass is 16.4. The van der Waals surface area contributed by atoms with Crippen molar-refractivity contribution in [2.75, 3.05) is 11.4 Å². The second-order valence-corrected chi connectivity index (χ2v) is 13.6. The van der Waals surface area contributed by atoms with Gasteiger partial charge in [-0.3, -0.25) is 9.69 Å². The topological polar surface area (TPSA) is 78.7 Å². The van der Waals surface area contributed by atoms with Crippen LogP contribution in [0.25, 0.3) is 11.0 Å². The molecule has 1 aromatic heterocycles. The molecule has 210 valence electrons. The lowest BCUT2D eigenvalue weighted by Gasteiger charge is -2.60. The van der Waals surface area contributed by atoms with Gasteiger partial charge in [-0.2, -0.15) is 0 Å². The molecule has 1 aromatic carbocycles. The van der Waals surface area contributed by atoms with E-state index < -0.39 is 12.0 Å². The number of rotatable bonds is 5. The van der Waals surface area contributed by atoms with E-state index in [0.29, 0.717) is 42.3 Å². The largest absolute Gasteiger partial charge is 0.480 e. The Morgan fingerprint density at radius 2 is 1.64 bits per heavy atom. The number of carboxylic acids is 1. The molecule has 0 amide bonds. The maximum atomic E-state index is 14.1. The summed E-state index contributed by atoms with van der Waals surface area (Å²) in [6.45, 7) is 5.54. The maximum Gasteiger partial charge on any atom is 0.326 e. The molecule has 1 N–H and O–H groups in total. The fraction of sp³-hybridized carbons (Fsp3) is 0.719. The number of aromatic nitrogens is 2. The Labute approximate surface area is 231 Å². The number of nitrogens with zero attached hydrogens (tertiary/aromatic N) is 4. The van der Waals surface area contributed by atoms with E-state index in [9.17, 15) is 14.7 Å². The molecule has 7 heteroatoms. The van der Waals surface area contributed by atoms with E-state index in [-0.39, 0.29) is 11.6 Å². The van der Waals surface area contributed by atoms with E-state index in [1.165, 1.54) is 57.8 Å². The van der Waals surface area contributed by atoms with Gasteiger partial charge in [0, 0.05) is 30.7 Å². The fourth-order valence-electron chi connectivity index (χ4n) is 9.55. The average molecular weight is 533 g/mol. The minimum absolute atomic E-state index is 0.110. The highest BCUT2D eigenvalue weighted by molar-refractivity contribution is 5.81. The molecular formula is C32H44N4O3. The van der Waals surface area contributed by atoms with Crippen molar-refractivity contribution in [3.05, 3.63) is 34.6 Å². The van der Waals surface area contributed by atoms with Crippen molar-refractivity contribution < 1.29 is 9.90 Å². The van der Waals surface area contributed by atoms with E-state index in [1.54, 1.807) is 4.90 Å². The lowest BCUT2D eigenvalue weighted by Crippen LogP contribution is -2.60. The van der Waals surface area contributed by atoms with Crippen molar-refractivity contribution in [3.8, 4) is 0 Å². The van der Waals surface area contributed by atoms with Crippen LogP contribution in [0, 0.1) is 17.3 Å². The monoisotopic (exact) mass is 532 g/mol. The summed E-state index contributed by atoms with van der Waals surface area (Å²) in [7, 11) is 0. The van der Waals surface area contributed by atoms with Crippen molar-refractivity contribution in [2.45, 2.75) is 121 Å². The number of carbonyl (C=O) groups is 1. The summed E-state index contributed by atoms with van der Waals surface area (Å²) in [5, 5.41) is 9.67. The number of hydrogen-bond acceptors (Lipinski definition) is 5. The molecule has 39 heavy (non-hydrogen) atoms. The molecule has 0 radical (unpaired) electrons. The van der Waals surface area contributed by atoms with Crippen LogP contribution < -0.4 is 10.5 Å². The van der Waals surface area contributed by atoms with E-state index >= 15 is 0 Å². The third-order valence-corrected chi connectivity index (χ3v) is 12.0. The Hall–Kier alpha value is -2.41. The molecule has 4 heterocycles. The minimum Gasteiger partial charge on any atom is -0.480 e. The summed E-state index contributed by atoms with van der Waals surface area (Å²) in [5.41, 5.74) is 2.10. The SMILES string of the molecule is CCC1(C)[C@@H]2C[C@H](N3[C@@H]4CCC[C@H]3CC(n3c(=O)c(N5CC[C@H]5C(=O)O)nc5ccccc53)C4)CCC[C@H]1C2. The lowest BCUT2D eigenvalue weighted by atomic mass is 9.49. The number of fused-ring (bicyclic) bond motifs is 8. The van der Waals surface area contributed by atoms with Gasteiger partial charge in [-0.05, 0) is 87.2 Å². The van der Waals surface area contributed by atoms with Gasteiger partial charge in [0.1, 0.15) is 6.04 Å². The first kappa shape index (κ1) is 25.6. The Bertz CT molecular complexity index is 1310. The van der Waals surface area contributed by atoms with E-state index in [4.69, 9.17) is 4.98 Å². The number of hydrogen-bond donors (Lipinski definition) is 1. The highest BCUT2D eigenvalue weighted by Gasteiger charge is 2.53. The zero-order valence-corrected chi connectivity index (χ0v) is 23.6. The van der Waals surface area contributed by atoms with Crippen molar-refractivity contribution >= 4 is 22.8 Å². The summed E-state index contributed by atoms with van der Waals surface area (Å²) >= 11 is 0. The van der Waals surface area contributed by atoms with Crippen molar-refractivity contribution in [1.29, 1.82) is 0 Å². The Morgan fingerprint density at radius 1 is 0.949 bits per heavy atom. The molecule has 0 spiro atoms. The van der Waals surface area contributed by atoms with Gasteiger partial charge in [-0.15, -0.1) is 0 Å². The molecular weight excluding hydrogens is 488 g/mol. The first-order valence-corrected chi connectivity index (χ1v) is 15.7. The second kappa shape index (κ2) is 9.60. The van der Waals surface area contributed by atoms with Crippen LogP contribution in [0.2, 0.25) is 0 Å². The summed E-state index contributed by atoms with van der Waals surface area (Å²) in [5.74, 6) is 1.25. The number of anilines is 1. The van der Waals surface area contributed by atoms with Crippen LogP contribution >= 0.6 is 0 Å². The first-order chi connectivity index (χ1) is 18.9. The van der Waals surface area contributed by atoms with Gasteiger partial charge >= 0.3 is 5.97 Å². The van der Waals surface area contributed by atoms with Gasteiger partial charge in [-0.1, -0.05) is 45.2 Å². The van der Waals surface area contributed by atoms with Crippen molar-refractivity contribution in [3.63, 3.8) is 0 Å². The number of para-hydroxylation sites is 2. The number of piperidine rings is 2. The third kappa shape index (κ3) is 3.97. The molecule has 3 saturated heterocycles. The van der Waals surface area contributed by atoms with Gasteiger partial charge in [0.2, 0.25) is 0 Å². The van der Waals surface area contributed by atoms with Crippen LogP contribution in [-0.2, 0) is 4.79 Å². The van der Waals surface area contributed by atoms with E-state index in [2.05, 4.69) is 18.7 Å². The standard InChI is InChI=1S/C32H44N4O3/c1-3-32(2)20-8-6-9-22(17-21(32)16-20)35-23-10-7-11-24(35)19-25(18-23)36-27-13-5-4-12-26(27)33-29(30(36)37)34-15-14-28(34)31(38)39/h4-5,12-13,20-25,28H,3,6-11,14-19H2,1-2H3,(H,38,39)/t20-,21-,22+,23-,24+,25?,28-,32?/m0/s1. The first-order valence-electron chi connectivity index (χ1n) is 15.7. The third-order valence-electron chi connectivity index (χ3n) is 12.0. The van der Waals surface area contributed by atoms with Crippen LogP contribution in [0.5, 0.6) is 0 Å². The predicted molar refractivity (Wildman–Crippen MR) is 153 cm³/mol. The summed E-state index contributed by atoms with van der Waals surface area (Å²) in [6.07, 6.45) is 14.5. The molecule has 8 atom stereocenters. The van der Waals surface area contributed by atoms with Crippen LogP contribution in [-0.4, -0.2) is 56.2 Å². The zero-order chi connectivity index (χ0) is 26.9. The zero-order valence-electron chi connectivity index (χ0n) is 23.6. The van der Waals surface area contributed by atoms with E-state index in [1.807, 2.05) is 28.8 Å². The normalized spacial score (nSPS) is 38.4. The molecule has 2 aromatic rings. The molecule has 6 fully saturated rings. The number of carboxylic acid groups (broad SMARTS) is 1. The molecule has 3 saturated carbocycles. The van der Waals surface area contributed by atoms with Gasteiger partial charge in [0.05, 0.1) is 11.0 Å². The Balaban J connectivity index is 1.21. The van der Waals surface area contributed by atoms with Gasteiger partial charge in [-0.25, -0.2) is 9.78 Å². The molecule has 3 aliphatic carbocycles. The number of aliphatic carboxylic acids is 1. The fourth-order valence-corrected chi connectivity index (χ4v) is 9.55. The molecule has 2 unspecified atom stereocenters. The van der Waals surface area contributed by atoms with Gasteiger partial charge in [0.25, 0.3) is 5.56 Å². The molecule has 7 nitrogen and oxygen atoms in total. The maximum absolute atomic E-state index is 14.1. The Morgan fingerprint density at radius 3 is 2.31 bits per heavy atom. The Kier molecular flexibility index (Phi) is 6.29. The summed E-state index contributed by atoms with van der Waals surface area (Å²) in [6, 6.07) is 9.13. The van der Waals surface area contributed by atoms with Gasteiger partial charge < -0.3 is 14.6 Å². The second-order valence-electron chi connectivity index (χ2n) is 13.6. The van der Waals surface area contributed by atoms with E-state index in [0.717, 1.165) is 35.7 Å². The molecule has 3 aliphatic heterocycles. The average Bonchev–Trinajstić information content (AvgIpc) is 2.86. The molecule has 6 aliphatic rings. The van der Waals surface area contributed by atoms with Crippen molar-refractivity contribution in [2.24, 2.45) is 17.3 Å². The quantitative estimate of drug-likeness (QED) is 0.539.